The number of carbonyl (C=O) groups excluding carboxylic acids is 2. The number of piperazine rings is 1. The van der Waals surface area contributed by atoms with E-state index in [2.05, 4.69) is 5.32 Å². The van der Waals surface area contributed by atoms with Crippen molar-refractivity contribution in [2.24, 2.45) is 0 Å². The molecule has 1 fully saturated rings. The van der Waals surface area contributed by atoms with E-state index >= 15 is 0 Å². The lowest BCUT2D eigenvalue weighted by Crippen LogP contribution is -2.51. The van der Waals surface area contributed by atoms with Crippen molar-refractivity contribution < 1.29 is 18.7 Å². The molecule has 0 aliphatic carbocycles. The Morgan fingerprint density at radius 3 is 2.52 bits per heavy atom. The van der Waals surface area contributed by atoms with Crippen molar-refractivity contribution in [2.45, 2.75) is 6.42 Å². The number of nitrogens with one attached hydrogen (secondary N) is 1. The summed E-state index contributed by atoms with van der Waals surface area (Å²) in [5, 5.41) is 2.59. The maximum Gasteiger partial charge on any atom is 0.233 e. The van der Waals surface area contributed by atoms with Crippen molar-refractivity contribution >= 4 is 11.8 Å². The molecule has 0 saturated carbocycles. The lowest BCUT2D eigenvalue weighted by Gasteiger charge is -2.34. The third kappa shape index (κ3) is 4.66. The van der Waals surface area contributed by atoms with Crippen LogP contribution in [0.4, 0.5) is 4.39 Å². The number of likely N-dealkylation sites (N-methyl/N-ethyl adjacent to an activating group) is 1. The number of rotatable bonds is 5. The van der Waals surface area contributed by atoms with Crippen molar-refractivity contribution in [3.63, 3.8) is 0 Å². The standard InChI is InChI=1S/C16H22FN3O3/c1-18-15(21)11-19-5-7-20(8-6-19)16(22)10-12-3-4-14(23-2)13(17)9-12/h3-4,9H,5-8,10-11H2,1-2H3,(H,18,21). The molecule has 0 atom stereocenters. The summed E-state index contributed by atoms with van der Waals surface area (Å²) < 4.78 is 18.5. The third-order valence-corrected chi connectivity index (χ3v) is 3.94. The second kappa shape index (κ2) is 7.92. The summed E-state index contributed by atoms with van der Waals surface area (Å²) in [5.74, 6) is -0.357. The van der Waals surface area contributed by atoms with Crippen molar-refractivity contribution in [3.05, 3.63) is 29.6 Å². The molecule has 0 unspecified atom stereocenters. The molecule has 2 amide bonds. The molecule has 1 saturated heterocycles. The van der Waals surface area contributed by atoms with Crippen LogP contribution in [0.5, 0.6) is 5.75 Å². The van der Waals surface area contributed by atoms with Gasteiger partial charge in [-0.05, 0) is 17.7 Å². The molecule has 1 aliphatic rings. The van der Waals surface area contributed by atoms with Crippen LogP contribution < -0.4 is 10.1 Å². The van der Waals surface area contributed by atoms with Crippen molar-refractivity contribution in [3.8, 4) is 5.75 Å². The highest BCUT2D eigenvalue weighted by Gasteiger charge is 2.22. The van der Waals surface area contributed by atoms with Gasteiger partial charge in [-0.15, -0.1) is 0 Å². The number of nitrogens with zero attached hydrogens (tertiary/aromatic N) is 2. The maximum absolute atomic E-state index is 13.7. The average molecular weight is 323 g/mol. The Bertz CT molecular complexity index is 572. The first-order valence-electron chi connectivity index (χ1n) is 7.56. The van der Waals surface area contributed by atoms with Crippen molar-refractivity contribution in [1.82, 2.24) is 15.1 Å². The third-order valence-electron chi connectivity index (χ3n) is 3.94. The predicted octanol–water partition coefficient (Wildman–Crippen LogP) is 0.267. The zero-order chi connectivity index (χ0) is 16.8. The van der Waals surface area contributed by atoms with Gasteiger partial charge >= 0.3 is 0 Å². The van der Waals surface area contributed by atoms with E-state index in [1.165, 1.54) is 19.2 Å². The van der Waals surface area contributed by atoms with Gasteiger partial charge in [-0.3, -0.25) is 14.5 Å². The fourth-order valence-corrected chi connectivity index (χ4v) is 2.54. The number of amides is 2. The molecule has 6 nitrogen and oxygen atoms in total. The number of methoxy groups -OCH3 is 1. The van der Waals surface area contributed by atoms with Gasteiger partial charge in [0.25, 0.3) is 0 Å². The first kappa shape index (κ1) is 17.2. The van der Waals surface area contributed by atoms with Gasteiger partial charge in [0, 0.05) is 33.2 Å². The van der Waals surface area contributed by atoms with E-state index in [1.54, 1.807) is 18.0 Å². The fourth-order valence-electron chi connectivity index (χ4n) is 2.54. The Kier molecular flexibility index (Phi) is 5.92. The van der Waals surface area contributed by atoms with E-state index in [9.17, 15) is 14.0 Å². The fraction of sp³-hybridized carbons (Fsp3) is 0.500. The van der Waals surface area contributed by atoms with Crippen LogP contribution in [0.2, 0.25) is 0 Å². The van der Waals surface area contributed by atoms with Gasteiger partial charge in [-0.25, -0.2) is 4.39 Å². The van der Waals surface area contributed by atoms with Crippen molar-refractivity contribution in [2.75, 3.05) is 46.9 Å². The second-order valence-electron chi connectivity index (χ2n) is 5.48. The first-order chi connectivity index (χ1) is 11.0. The molecule has 1 heterocycles. The molecule has 0 radical (unpaired) electrons. The molecule has 0 spiro atoms. The molecule has 0 bridgehead atoms. The molecule has 1 aromatic rings. The molecule has 126 valence electrons. The van der Waals surface area contributed by atoms with E-state index in [0.29, 0.717) is 38.3 Å². The number of hydrogen-bond acceptors (Lipinski definition) is 4. The monoisotopic (exact) mass is 323 g/mol. The summed E-state index contributed by atoms with van der Waals surface area (Å²) in [6, 6.07) is 4.56. The van der Waals surface area contributed by atoms with E-state index in [0.717, 1.165) is 0 Å². The molecule has 0 aromatic heterocycles. The molecule has 1 aliphatic heterocycles. The zero-order valence-electron chi connectivity index (χ0n) is 13.5. The highest BCUT2D eigenvalue weighted by Crippen LogP contribution is 2.18. The smallest absolute Gasteiger partial charge is 0.233 e. The van der Waals surface area contributed by atoms with Crippen LogP contribution in [0.3, 0.4) is 0 Å². The number of benzene rings is 1. The van der Waals surface area contributed by atoms with Gasteiger partial charge < -0.3 is 15.0 Å². The summed E-state index contributed by atoms with van der Waals surface area (Å²) >= 11 is 0. The van der Waals surface area contributed by atoms with E-state index < -0.39 is 5.82 Å². The SMILES string of the molecule is CNC(=O)CN1CCN(C(=O)Cc2ccc(OC)c(F)c2)CC1. The predicted molar refractivity (Wildman–Crippen MR) is 83.7 cm³/mol. The molecule has 2 rings (SSSR count). The van der Waals surface area contributed by atoms with Gasteiger partial charge in [0.2, 0.25) is 11.8 Å². The number of ether oxygens (including phenoxy) is 1. The lowest BCUT2D eigenvalue weighted by molar-refractivity contribution is -0.132. The Balaban J connectivity index is 1.85. The van der Waals surface area contributed by atoms with Gasteiger partial charge in [-0.1, -0.05) is 6.07 Å². The second-order valence-corrected chi connectivity index (χ2v) is 5.48. The normalized spacial score (nSPS) is 15.3. The Hall–Kier alpha value is -2.15. The Morgan fingerprint density at radius 2 is 1.96 bits per heavy atom. The summed E-state index contributed by atoms with van der Waals surface area (Å²) in [6.45, 7) is 2.83. The highest BCUT2D eigenvalue weighted by molar-refractivity contribution is 5.79. The van der Waals surface area contributed by atoms with Crippen LogP contribution in [-0.4, -0.2) is 68.5 Å². The summed E-state index contributed by atoms with van der Waals surface area (Å²) in [6.07, 6.45) is 0.163. The number of hydrogen-bond donors (Lipinski definition) is 1. The highest BCUT2D eigenvalue weighted by atomic mass is 19.1. The van der Waals surface area contributed by atoms with E-state index in [1.807, 2.05) is 4.90 Å². The molecular formula is C16H22FN3O3. The Morgan fingerprint density at radius 1 is 1.26 bits per heavy atom. The quantitative estimate of drug-likeness (QED) is 0.845. The van der Waals surface area contributed by atoms with Crippen LogP contribution in [0.25, 0.3) is 0 Å². The zero-order valence-corrected chi connectivity index (χ0v) is 13.5. The number of halogens is 1. The van der Waals surface area contributed by atoms with Gasteiger partial charge in [0.15, 0.2) is 11.6 Å². The average Bonchev–Trinajstić information content (AvgIpc) is 2.55. The van der Waals surface area contributed by atoms with E-state index in [-0.39, 0.29) is 24.0 Å². The summed E-state index contributed by atoms with van der Waals surface area (Å²) in [5.41, 5.74) is 0.626. The molecular weight excluding hydrogens is 301 g/mol. The lowest BCUT2D eigenvalue weighted by atomic mass is 10.1. The minimum absolute atomic E-state index is 0.0292. The van der Waals surface area contributed by atoms with Gasteiger partial charge in [0.05, 0.1) is 20.1 Å². The summed E-state index contributed by atoms with van der Waals surface area (Å²) in [7, 11) is 3.01. The number of carbonyl (C=O) groups is 2. The molecule has 23 heavy (non-hydrogen) atoms. The minimum atomic E-state index is -0.465. The molecule has 7 heteroatoms. The van der Waals surface area contributed by atoms with Crippen LogP contribution in [0.15, 0.2) is 18.2 Å². The van der Waals surface area contributed by atoms with Crippen LogP contribution in [0, 0.1) is 5.82 Å². The van der Waals surface area contributed by atoms with Crippen LogP contribution >= 0.6 is 0 Å². The van der Waals surface area contributed by atoms with Crippen molar-refractivity contribution in [1.29, 1.82) is 0 Å². The van der Waals surface area contributed by atoms with Crippen LogP contribution in [-0.2, 0) is 16.0 Å². The minimum Gasteiger partial charge on any atom is -0.494 e. The molecule has 1 N–H and O–H groups in total. The topological polar surface area (TPSA) is 61.9 Å². The largest absolute Gasteiger partial charge is 0.494 e. The van der Waals surface area contributed by atoms with Crippen LogP contribution in [0.1, 0.15) is 5.56 Å². The summed E-state index contributed by atoms with van der Waals surface area (Å²) in [4.78, 5) is 27.4. The first-order valence-corrected chi connectivity index (χ1v) is 7.56. The van der Waals surface area contributed by atoms with Gasteiger partial charge in [-0.2, -0.15) is 0 Å². The Labute approximate surface area is 135 Å². The van der Waals surface area contributed by atoms with Gasteiger partial charge in [0.1, 0.15) is 0 Å². The molecule has 1 aromatic carbocycles. The maximum atomic E-state index is 13.7. The van der Waals surface area contributed by atoms with E-state index in [4.69, 9.17) is 4.74 Å².